The number of hydrogen-bond donors (Lipinski definition) is 2. The number of aromatic nitrogens is 1. The van der Waals surface area contributed by atoms with E-state index < -0.39 is 5.91 Å². The zero-order valence-electron chi connectivity index (χ0n) is 11.7. The molecule has 5 nitrogen and oxygen atoms in total. The number of nitrogens with zero attached hydrogens (tertiary/aromatic N) is 1. The second-order valence-electron chi connectivity index (χ2n) is 4.24. The van der Waals surface area contributed by atoms with E-state index in [1.54, 1.807) is 12.1 Å². The number of anilines is 1. The lowest BCUT2D eigenvalue weighted by Crippen LogP contribution is -2.34. The second-order valence-corrected chi connectivity index (χ2v) is 5.93. The van der Waals surface area contributed by atoms with Crippen LogP contribution in [0.15, 0.2) is 30.5 Å². The lowest BCUT2D eigenvalue weighted by molar-refractivity contribution is 0.0975. The molecule has 0 spiro atoms. The van der Waals surface area contributed by atoms with Gasteiger partial charge in [0.2, 0.25) is 0 Å². The Morgan fingerprint density at radius 2 is 1.96 bits per heavy atom. The first-order valence-corrected chi connectivity index (χ1v) is 7.72. The highest BCUT2D eigenvalue weighted by Gasteiger charge is 2.17. The van der Waals surface area contributed by atoms with Crippen LogP contribution in [0.5, 0.6) is 5.75 Å². The van der Waals surface area contributed by atoms with E-state index >= 15 is 0 Å². The third kappa shape index (κ3) is 4.68. The maximum Gasteiger partial charge on any atom is 0.261 e. The Labute approximate surface area is 152 Å². The predicted octanol–water partition coefficient (Wildman–Crippen LogP) is 4.18. The van der Waals surface area contributed by atoms with Crippen molar-refractivity contribution in [3.63, 3.8) is 0 Å². The van der Waals surface area contributed by atoms with Crippen LogP contribution in [-0.4, -0.2) is 23.1 Å². The van der Waals surface area contributed by atoms with Gasteiger partial charge >= 0.3 is 0 Å². The van der Waals surface area contributed by atoms with Crippen LogP contribution in [0.3, 0.4) is 0 Å². The van der Waals surface area contributed by atoms with Gasteiger partial charge in [-0.2, -0.15) is 0 Å². The maximum atomic E-state index is 12.3. The van der Waals surface area contributed by atoms with Crippen molar-refractivity contribution in [1.82, 2.24) is 10.3 Å². The van der Waals surface area contributed by atoms with Crippen molar-refractivity contribution < 1.29 is 9.53 Å². The number of halogens is 3. The van der Waals surface area contributed by atoms with Crippen LogP contribution in [-0.2, 0) is 0 Å². The van der Waals surface area contributed by atoms with Gasteiger partial charge in [0.05, 0.1) is 22.7 Å². The smallest absolute Gasteiger partial charge is 0.261 e. The van der Waals surface area contributed by atoms with Gasteiger partial charge in [0.1, 0.15) is 11.6 Å². The largest absolute Gasteiger partial charge is 0.494 e. The molecule has 2 aromatic rings. The fraction of sp³-hybridized carbons (Fsp3) is 0.0714. The maximum absolute atomic E-state index is 12.3. The van der Waals surface area contributed by atoms with Gasteiger partial charge in [-0.1, -0.05) is 34.8 Å². The highest BCUT2D eigenvalue weighted by Crippen LogP contribution is 2.32. The first-order valence-electron chi connectivity index (χ1n) is 6.17. The van der Waals surface area contributed by atoms with Crippen LogP contribution < -0.4 is 15.4 Å². The molecule has 2 N–H and O–H groups in total. The summed E-state index contributed by atoms with van der Waals surface area (Å²) in [6.45, 7) is 0. The summed E-state index contributed by atoms with van der Waals surface area (Å²) in [6.07, 6.45) is 1.45. The van der Waals surface area contributed by atoms with E-state index in [0.717, 1.165) is 0 Å². The Bertz CT molecular complexity index is 754. The fourth-order valence-corrected chi connectivity index (χ4v) is 2.58. The number of nitrogens with one attached hydrogen (secondary N) is 2. The van der Waals surface area contributed by atoms with E-state index in [1.165, 1.54) is 25.4 Å². The van der Waals surface area contributed by atoms with E-state index in [2.05, 4.69) is 15.6 Å². The van der Waals surface area contributed by atoms with Crippen molar-refractivity contribution in [3.05, 3.63) is 51.1 Å². The normalized spacial score (nSPS) is 10.1. The predicted molar refractivity (Wildman–Crippen MR) is 95.9 cm³/mol. The van der Waals surface area contributed by atoms with Gasteiger partial charge in [-0.05, 0) is 36.5 Å². The highest BCUT2D eigenvalue weighted by molar-refractivity contribution is 7.80. The average Bonchev–Trinajstić information content (AvgIpc) is 2.48. The number of benzene rings is 1. The number of pyridine rings is 1. The van der Waals surface area contributed by atoms with Gasteiger partial charge in [0, 0.05) is 11.2 Å². The van der Waals surface area contributed by atoms with Crippen molar-refractivity contribution in [2.75, 3.05) is 12.4 Å². The first kappa shape index (κ1) is 17.7. The number of rotatable bonds is 3. The third-order valence-corrected chi connectivity index (χ3v) is 3.58. The molecule has 0 saturated heterocycles. The number of hydrogen-bond acceptors (Lipinski definition) is 4. The Morgan fingerprint density at radius 1 is 1.22 bits per heavy atom. The standard InChI is InChI=1S/C14H10Cl3N3O2S/c1-22-12-9(4-8(16)5-10(12)17)13(21)20-14(23)19-11-3-2-7(15)6-18-11/h2-6H,1H3,(H2,18,19,20,21,23). The summed E-state index contributed by atoms with van der Waals surface area (Å²) in [5.74, 6) is 0.134. The fourth-order valence-electron chi connectivity index (χ4n) is 1.70. The summed E-state index contributed by atoms with van der Waals surface area (Å²) in [4.78, 5) is 16.3. The van der Waals surface area contributed by atoms with Crippen molar-refractivity contribution in [1.29, 1.82) is 0 Å². The Hall–Kier alpha value is -1.60. The minimum Gasteiger partial charge on any atom is -0.494 e. The Kier molecular flexibility index (Phi) is 6.01. The van der Waals surface area contributed by atoms with E-state index in [1.807, 2.05) is 0 Å². The second kappa shape index (κ2) is 7.79. The van der Waals surface area contributed by atoms with Crippen LogP contribution in [0.4, 0.5) is 5.82 Å². The molecular weight excluding hydrogens is 381 g/mol. The van der Waals surface area contributed by atoms with Gasteiger partial charge in [-0.15, -0.1) is 0 Å². The molecule has 1 aromatic carbocycles. The van der Waals surface area contributed by atoms with Crippen molar-refractivity contribution in [3.8, 4) is 5.75 Å². The number of carbonyl (C=O) groups is 1. The number of methoxy groups -OCH3 is 1. The topological polar surface area (TPSA) is 63.2 Å². The molecular formula is C14H10Cl3N3O2S. The SMILES string of the molecule is COc1c(Cl)cc(Cl)cc1C(=O)NC(=S)Nc1ccc(Cl)cn1. The molecule has 23 heavy (non-hydrogen) atoms. The first-order chi connectivity index (χ1) is 10.9. The summed E-state index contributed by atoms with van der Waals surface area (Å²) in [6, 6.07) is 6.18. The summed E-state index contributed by atoms with van der Waals surface area (Å²) in [7, 11) is 1.40. The van der Waals surface area contributed by atoms with Gasteiger partial charge in [-0.25, -0.2) is 4.98 Å². The lowest BCUT2D eigenvalue weighted by Gasteiger charge is -2.12. The van der Waals surface area contributed by atoms with E-state index in [0.29, 0.717) is 15.9 Å². The number of carbonyl (C=O) groups excluding carboxylic acids is 1. The molecule has 0 unspecified atom stereocenters. The van der Waals surface area contributed by atoms with Crippen LogP contribution in [0, 0.1) is 0 Å². The van der Waals surface area contributed by atoms with Gasteiger partial charge in [-0.3, -0.25) is 10.1 Å². The summed E-state index contributed by atoms with van der Waals surface area (Å²) >= 11 is 22.7. The van der Waals surface area contributed by atoms with E-state index in [-0.39, 0.29) is 21.4 Å². The molecule has 0 bridgehead atoms. The molecule has 0 aliphatic heterocycles. The molecule has 0 atom stereocenters. The molecule has 0 saturated carbocycles. The quantitative estimate of drug-likeness (QED) is 0.770. The minimum atomic E-state index is -0.516. The van der Waals surface area contributed by atoms with E-state index in [9.17, 15) is 4.79 Å². The van der Waals surface area contributed by atoms with Crippen LogP contribution in [0.2, 0.25) is 15.1 Å². The molecule has 1 amide bonds. The zero-order valence-corrected chi connectivity index (χ0v) is 14.8. The van der Waals surface area contributed by atoms with Gasteiger partial charge < -0.3 is 10.1 Å². The molecule has 2 rings (SSSR count). The molecule has 1 aromatic heterocycles. The van der Waals surface area contributed by atoms with Crippen LogP contribution >= 0.6 is 47.0 Å². The van der Waals surface area contributed by atoms with Gasteiger partial charge in [0.25, 0.3) is 5.91 Å². The van der Waals surface area contributed by atoms with E-state index in [4.69, 9.17) is 51.8 Å². The summed E-state index contributed by atoms with van der Waals surface area (Å²) in [5, 5.41) is 6.34. The monoisotopic (exact) mass is 389 g/mol. The average molecular weight is 391 g/mol. The van der Waals surface area contributed by atoms with Crippen molar-refractivity contribution >= 4 is 63.9 Å². The molecule has 0 aliphatic carbocycles. The Balaban J connectivity index is 2.12. The summed E-state index contributed by atoms with van der Waals surface area (Å²) < 4.78 is 5.12. The molecule has 0 fully saturated rings. The number of amides is 1. The molecule has 0 aliphatic rings. The molecule has 0 radical (unpaired) electrons. The number of thiocarbonyl (C=S) groups is 1. The van der Waals surface area contributed by atoms with Crippen LogP contribution in [0.25, 0.3) is 0 Å². The summed E-state index contributed by atoms with van der Waals surface area (Å²) in [5.41, 5.74) is 0.165. The highest BCUT2D eigenvalue weighted by atomic mass is 35.5. The van der Waals surface area contributed by atoms with Crippen LogP contribution in [0.1, 0.15) is 10.4 Å². The zero-order chi connectivity index (χ0) is 17.0. The van der Waals surface area contributed by atoms with Crippen molar-refractivity contribution in [2.24, 2.45) is 0 Å². The molecule has 120 valence electrons. The van der Waals surface area contributed by atoms with Gasteiger partial charge in [0.15, 0.2) is 5.11 Å². The minimum absolute atomic E-state index is 0.0583. The molecule has 9 heteroatoms. The molecule has 1 heterocycles. The third-order valence-electron chi connectivity index (χ3n) is 2.65. The number of ether oxygens (including phenoxy) is 1. The van der Waals surface area contributed by atoms with Crippen molar-refractivity contribution in [2.45, 2.75) is 0 Å². The Morgan fingerprint density at radius 3 is 2.57 bits per heavy atom. The lowest BCUT2D eigenvalue weighted by atomic mass is 10.2.